The smallest absolute Gasteiger partial charge is 0.264 e. The van der Waals surface area contributed by atoms with Gasteiger partial charge in [0, 0.05) is 23.7 Å². The SMILES string of the molecule is Cc1c(C(=O)N2CCC(C3OCCO3)CC2)sc2ccc(F)cc12. The third kappa shape index (κ3) is 2.83. The lowest BCUT2D eigenvalue weighted by atomic mass is 9.96. The summed E-state index contributed by atoms with van der Waals surface area (Å²) in [6.45, 7) is 4.67. The fourth-order valence-electron chi connectivity index (χ4n) is 3.56. The molecule has 0 N–H and O–H groups in total. The maximum absolute atomic E-state index is 13.5. The van der Waals surface area contributed by atoms with E-state index in [0.717, 1.165) is 46.5 Å². The van der Waals surface area contributed by atoms with Crippen molar-refractivity contribution in [2.75, 3.05) is 26.3 Å². The van der Waals surface area contributed by atoms with Gasteiger partial charge in [0.25, 0.3) is 5.91 Å². The number of nitrogens with zero attached hydrogens (tertiary/aromatic N) is 1. The highest BCUT2D eigenvalue weighted by Gasteiger charge is 2.32. The topological polar surface area (TPSA) is 38.8 Å². The van der Waals surface area contributed by atoms with Gasteiger partial charge in [-0.25, -0.2) is 4.39 Å². The Balaban J connectivity index is 1.49. The van der Waals surface area contributed by atoms with Crippen LogP contribution >= 0.6 is 11.3 Å². The second-order valence-corrected chi connectivity index (χ2v) is 7.49. The first-order chi connectivity index (χ1) is 11.6. The molecule has 2 saturated heterocycles. The van der Waals surface area contributed by atoms with Crippen molar-refractivity contribution < 1.29 is 18.7 Å². The fraction of sp³-hybridized carbons (Fsp3) is 0.500. The molecule has 1 amide bonds. The number of hydrogen-bond acceptors (Lipinski definition) is 4. The molecule has 2 fully saturated rings. The van der Waals surface area contributed by atoms with Crippen LogP contribution in [0, 0.1) is 18.7 Å². The Morgan fingerprint density at radius 2 is 1.96 bits per heavy atom. The van der Waals surface area contributed by atoms with Crippen LogP contribution in [-0.4, -0.2) is 43.4 Å². The summed E-state index contributed by atoms with van der Waals surface area (Å²) in [5.74, 6) is 0.162. The number of ether oxygens (including phenoxy) is 2. The molecule has 1 aromatic heterocycles. The minimum absolute atomic E-state index is 0.0563. The van der Waals surface area contributed by atoms with Gasteiger partial charge < -0.3 is 14.4 Å². The molecule has 0 aliphatic carbocycles. The van der Waals surface area contributed by atoms with Gasteiger partial charge in [0.15, 0.2) is 6.29 Å². The molecule has 24 heavy (non-hydrogen) atoms. The van der Waals surface area contributed by atoms with Gasteiger partial charge in [0.1, 0.15) is 5.82 Å². The van der Waals surface area contributed by atoms with Crippen molar-refractivity contribution in [3.8, 4) is 0 Å². The number of benzene rings is 1. The molecule has 0 bridgehead atoms. The molecule has 4 rings (SSSR count). The first-order valence-electron chi connectivity index (χ1n) is 8.34. The number of halogens is 1. The summed E-state index contributed by atoms with van der Waals surface area (Å²) < 4.78 is 25.6. The molecule has 0 atom stereocenters. The molecule has 6 heteroatoms. The summed E-state index contributed by atoms with van der Waals surface area (Å²) in [5, 5.41) is 0.839. The van der Waals surface area contributed by atoms with E-state index in [1.807, 2.05) is 11.8 Å². The standard InChI is InChI=1S/C18H20FNO3S/c1-11-14-10-13(19)2-3-15(14)24-16(11)17(21)20-6-4-12(5-7-20)18-22-8-9-23-18/h2-3,10,12,18H,4-9H2,1H3. The first kappa shape index (κ1) is 16.0. The van der Waals surface area contributed by atoms with Gasteiger partial charge in [-0.3, -0.25) is 4.79 Å². The van der Waals surface area contributed by atoms with E-state index in [0.29, 0.717) is 19.1 Å². The molecule has 0 spiro atoms. The largest absolute Gasteiger partial charge is 0.350 e. The highest BCUT2D eigenvalue weighted by molar-refractivity contribution is 7.21. The van der Waals surface area contributed by atoms with E-state index in [1.54, 1.807) is 6.07 Å². The molecule has 2 aliphatic heterocycles. The van der Waals surface area contributed by atoms with Gasteiger partial charge in [0.05, 0.1) is 18.1 Å². The van der Waals surface area contributed by atoms with Crippen LogP contribution in [-0.2, 0) is 9.47 Å². The number of likely N-dealkylation sites (tertiary alicyclic amines) is 1. The molecule has 3 heterocycles. The van der Waals surface area contributed by atoms with Crippen molar-refractivity contribution in [3.63, 3.8) is 0 Å². The molecule has 4 nitrogen and oxygen atoms in total. The third-order valence-electron chi connectivity index (χ3n) is 4.95. The van der Waals surface area contributed by atoms with Crippen molar-refractivity contribution >= 4 is 27.3 Å². The Hall–Kier alpha value is -1.50. The molecular formula is C18H20FNO3S. The van der Waals surface area contributed by atoms with Crippen molar-refractivity contribution in [3.05, 3.63) is 34.5 Å². The lowest BCUT2D eigenvalue weighted by molar-refractivity contribution is -0.0956. The van der Waals surface area contributed by atoms with Crippen molar-refractivity contribution in [1.82, 2.24) is 4.90 Å². The zero-order valence-corrected chi connectivity index (χ0v) is 14.4. The zero-order chi connectivity index (χ0) is 16.7. The maximum atomic E-state index is 13.5. The Kier molecular flexibility index (Phi) is 4.28. The lowest BCUT2D eigenvalue weighted by Crippen LogP contribution is -2.41. The van der Waals surface area contributed by atoms with Crippen LogP contribution in [0.3, 0.4) is 0 Å². The van der Waals surface area contributed by atoms with Crippen LogP contribution < -0.4 is 0 Å². The summed E-state index contributed by atoms with van der Waals surface area (Å²) >= 11 is 1.45. The predicted octanol–water partition coefficient (Wildman–Crippen LogP) is 3.57. The quantitative estimate of drug-likeness (QED) is 0.832. The number of piperidine rings is 1. The minimum Gasteiger partial charge on any atom is -0.350 e. The molecule has 2 aromatic rings. The van der Waals surface area contributed by atoms with E-state index in [-0.39, 0.29) is 18.0 Å². The van der Waals surface area contributed by atoms with E-state index >= 15 is 0 Å². The first-order valence-corrected chi connectivity index (χ1v) is 9.16. The number of thiophene rings is 1. The number of fused-ring (bicyclic) bond motifs is 1. The predicted molar refractivity (Wildman–Crippen MR) is 90.8 cm³/mol. The molecule has 0 unspecified atom stereocenters. The van der Waals surface area contributed by atoms with Gasteiger partial charge in [-0.05, 0) is 48.9 Å². The normalized spacial score (nSPS) is 20.2. The number of hydrogen-bond donors (Lipinski definition) is 0. The van der Waals surface area contributed by atoms with E-state index in [4.69, 9.17) is 9.47 Å². The number of aryl methyl sites for hydroxylation is 1. The van der Waals surface area contributed by atoms with Crippen molar-refractivity contribution in [1.29, 1.82) is 0 Å². The van der Waals surface area contributed by atoms with E-state index in [1.165, 1.54) is 23.5 Å². The molecule has 2 aliphatic rings. The van der Waals surface area contributed by atoms with Crippen LogP contribution in [0.15, 0.2) is 18.2 Å². The second kappa shape index (κ2) is 6.43. The summed E-state index contributed by atoms with van der Waals surface area (Å²) in [4.78, 5) is 15.5. The molecular weight excluding hydrogens is 329 g/mol. The van der Waals surface area contributed by atoms with Crippen LogP contribution in [0.4, 0.5) is 4.39 Å². The van der Waals surface area contributed by atoms with Gasteiger partial charge in [-0.15, -0.1) is 11.3 Å². The average Bonchev–Trinajstić information content (AvgIpc) is 3.24. The van der Waals surface area contributed by atoms with Crippen LogP contribution in [0.2, 0.25) is 0 Å². The fourth-order valence-corrected chi connectivity index (χ4v) is 4.72. The zero-order valence-electron chi connectivity index (χ0n) is 13.6. The molecule has 128 valence electrons. The highest BCUT2D eigenvalue weighted by atomic mass is 32.1. The average molecular weight is 349 g/mol. The Bertz CT molecular complexity index is 761. The van der Waals surface area contributed by atoms with Gasteiger partial charge in [-0.1, -0.05) is 0 Å². The third-order valence-corrected chi connectivity index (χ3v) is 6.21. The molecule has 0 radical (unpaired) electrons. The highest BCUT2D eigenvalue weighted by Crippen LogP contribution is 2.33. The Morgan fingerprint density at radius 3 is 2.67 bits per heavy atom. The lowest BCUT2D eigenvalue weighted by Gasteiger charge is -2.33. The van der Waals surface area contributed by atoms with E-state index < -0.39 is 0 Å². The number of carbonyl (C=O) groups excluding carboxylic acids is 1. The monoisotopic (exact) mass is 349 g/mol. The summed E-state index contributed by atoms with van der Waals surface area (Å²) in [6.07, 6.45) is 1.69. The molecule has 1 aromatic carbocycles. The number of rotatable bonds is 2. The summed E-state index contributed by atoms with van der Waals surface area (Å²) in [7, 11) is 0. The maximum Gasteiger partial charge on any atom is 0.264 e. The van der Waals surface area contributed by atoms with Gasteiger partial charge in [0.2, 0.25) is 0 Å². The van der Waals surface area contributed by atoms with E-state index in [9.17, 15) is 9.18 Å². The van der Waals surface area contributed by atoms with Crippen LogP contribution in [0.25, 0.3) is 10.1 Å². The number of carbonyl (C=O) groups is 1. The Labute approximate surface area is 144 Å². The van der Waals surface area contributed by atoms with Gasteiger partial charge >= 0.3 is 0 Å². The second-order valence-electron chi connectivity index (χ2n) is 6.44. The summed E-state index contributed by atoms with van der Waals surface area (Å²) in [5.41, 5.74) is 0.879. The van der Waals surface area contributed by atoms with Crippen LogP contribution in [0.1, 0.15) is 28.1 Å². The van der Waals surface area contributed by atoms with Crippen molar-refractivity contribution in [2.24, 2.45) is 5.92 Å². The number of amides is 1. The van der Waals surface area contributed by atoms with Crippen LogP contribution in [0.5, 0.6) is 0 Å². The van der Waals surface area contributed by atoms with Gasteiger partial charge in [-0.2, -0.15) is 0 Å². The summed E-state index contributed by atoms with van der Waals surface area (Å²) in [6, 6.07) is 4.71. The minimum atomic E-state index is -0.264. The van der Waals surface area contributed by atoms with E-state index in [2.05, 4.69) is 0 Å². The Morgan fingerprint density at radius 1 is 1.25 bits per heavy atom. The molecule has 0 saturated carbocycles. The van der Waals surface area contributed by atoms with Crippen molar-refractivity contribution in [2.45, 2.75) is 26.1 Å².